The molecule has 0 bridgehead atoms. The SMILES string of the molecule is CC(CSc1ccccc1)=C1CC1. The Morgan fingerprint density at radius 3 is 2.54 bits per heavy atom. The highest BCUT2D eigenvalue weighted by Crippen LogP contribution is 2.33. The molecule has 0 N–H and O–H groups in total. The van der Waals surface area contributed by atoms with Gasteiger partial charge < -0.3 is 0 Å². The van der Waals surface area contributed by atoms with E-state index in [1.807, 2.05) is 11.8 Å². The third-order valence-electron chi connectivity index (χ3n) is 2.30. The van der Waals surface area contributed by atoms with Gasteiger partial charge >= 0.3 is 0 Å². The van der Waals surface area contributed by atoms with Gasteiger partial charge in [0.25, 0.3) is 0 Å². The molecule has 0 aromatic heterocycles. The molecule has 0 radical (unpaired) electrons. The number of thioether (sulfide) groups is 1. The van der Waals surface area contributed by atoms with Crippen molar-refractivity contribution in [2.24, 2.45) is 0 Å². The Bertz CT molecular complexity index is 305. The second-order valence-electron chi connectivity index (χ2n) is 3.49. The predicted molar refractivity (Wildman–Crippen MR) is 59.1 cm³/mol. The van der Waals surface area contributed by atoms with Crippen molar-refractivity contribution in [1.29, 1.82) is 0 Å². The van der Waals surface area contributed by atoms with Crippen LogP contribution in [0, 0.1) is 0 Å². The van der Waals surface area contributed by atoms with Gasteiger partial charge in [0.1, 0.15) is 0 Å². The van der Waals surface area contributed by atoms with Crippen LogP contribution in [0.3, 0.4) is 0 Å². The molecule has 0 heterocycles. The van der Waals surface area contributed by atoms with Crippen molar-refractivity contribution in [3.8, 4) is 0 Å². The Balaban J connectivity index is 1.90. The van der Waals surface area contributed by atoms with Crippen LogP contribution in [-0.2, 0) is 0 Å². The molecule has 0 amide bonds. The van der Waals surface area contributed by atoms with Crippen LogP contribution in [0.5, 0.6) is 0 Å². The summed E-state index contributed by atoms with van der Waals surface area (Å²) < 4.78 is 0. The van der Waals surface area contributed by atoms with Gasteiger partial charge in [-0.05, 0) is 31.9 Å². The second-order valence-corrected chi connectivity index (χ2v) is 4.53. The first-order chi connectivity index (χ1) is 6.36. The van der Waals surface area contributed by atoms with E-state index in [9.17, 15) is 0 Å². The van der Waals surface area contributed by atoms with Crippen molar-refractivity contribution in [2.75, 3.05) is 5.75 Å². The Morgan fingerprint density at radius 2 is 1.92 bits per heavy atom. The van der Waals surface area contributed by atoms with Crippen LogP contribution in [0.25, 0.3) is 0 Å². The molecular weight excluding hydrogens is 176 g/mol. The first-order valence-corrected chi connectivity index (χ1v) is 5.70. The number of hydrogen-bond donors (Lipinski definition) is 0. The molecule has 1 fully saturated rings. The molecule has 0 unspecified atom stereocenters. The second kappa shape index (κ2) is 4.01. The molecule has 1 aromatic carbocycles. The van der Waals surface area contributed by atoms with E-state index in [-0.39, 0.29) is 0 Å². The maximum atomic E-state index is 2.26. The lowest BCUT2D eigenvalue weighted by molar-refractivity contribution is 1.36. The molecule has 1 aliphatic carbocycles. The van der Waals surface area contributed by atoms with E-state index < -0.39 is 0 Å². The highest BCUT2D eigenvalue weighted by Gasteiger charge is 2.14. The zero-order valence-electron chi connectivity index (χ0n) is 7.92. The van der Waals surface area contributed by atoms with E-state index in [2.05, 4.69) is 37.3 Å². The zero-order valence-corrected chi connectivity index (χ0v) is 8.73. The summed E-state index contributed by atoms with van der Waals surface area (Å²) in [5.41, 5.74) is 3.28. The van der Waals surface area contributed by atoms with Gasteiger partial charge in [-0.25, -0.2) is 0 Å². The molecule has 0 atom stereocenters. The number of allylic oxidation sites excluding steroid dienone is 1. The van der Waals surface area contributed by atoms with Crippen LogP contribution in [0.4, 0.5) is 0 Å². The summed E-state index contributed by atoms with van der Waals surface area (Å²) in [5.74, 6) is 1.17. The van der Waals surface area contributed by atoms with Gasteiger partial charge in [-0.1, -0.05) is 29.3 Å². The van der Waals surface area contributed by atoms with E-state index in [0.29, 0.717) is 0 Å². The van der Waals surface area contributed by atoms with Gasteiger partial charge in [-0.2, -0.15) is 0 Å². The summed E-state index contributed by atoms with van der Waals surface area (Å²) in [6.07, 6.45) is 2.70. The molecule has 0 spiro atoms. The first kappa shape index (κ1) is 8.89. The number of hydrogen-bond acceptors (Lipinski definition) is 1. The summed E-state index contributed by atoms with van der Waals surface area (Å²) in [6, 6.07) is 10.6. The summed E-state index contributed by atoms with van der Waals surface area (Å²) in [5, 5.41) is 0. The zero-order chi connectivity index (χ0) is 9.10. The van der Waals surface area contributed by atoms with Crippen LogP contribution in [0.15, 0.2) is 46.4 Å². The molecule has 1 aromatic rings. The largest absolute Gasteiger partial charge is 0.122 e. The van der Waals surface area contributed by atoms with Crippen LogP contribution < -0.4 is 0 Å². The van der Waals surface area contributed by atoms with Crippen LogP contribution in [0.2, 0.25) is 0 Å². The van der Waals surface area contributed by atoms with E-state index >= 15 is 0 Å². The minimum absolute atomic E-state index is 1.17. The van der Waals surface area contributed by atoms with E-state index in [1.54, 1.807) is 11.1 Å². The van der Waals surface area contributed by atoms with Crippen LogP contribution in [0.1, 0.15) is 19.8 Å². The number of benzene rings is 1. The van der Waals surface area contributed by atoms with Gasteiger partial charge in [0.15, 0.2) is 0 Å². The Morgan fingerprint density at radius 1 is 1.23 bits per heavy atom. The van der Waals surface area contributed by atoms with Gasteiger partial charge in [-0.15, -0.1) is 11.8 Å². The molecule has 2 rings (SSSR count). The molecule has 1 heteroatoms. The third kappa shape index (κ3) is 2.63. The molecule has 0 aliphatic heterocycles. The lowest BCUT2D eigenvalue weighted by Gasteiger charge is -2.00. The van der Waals surface area contributed by atoms with E-state index in [1.165, 1.54) is 23.5 Å². The smallest absolute Gasteiger partial charge is 0.0190 e. The van der Waals surface area contributed by atoms with Crippen LogP contribution in [-0.4, -0.2) is 5.75 Å². The summed E-state index contributed by atoms with van der Waals surface area (Å²) in [7, 11) is 0. The average molecular weight is 190 g/mol. The van der Waals surface area contributed by atoms with Crippen molar-refractivity contribution in [1.82, 2.24) is 0 Å². The van der Waals surface area contributed by atoms with Crippen molar-refractivity contribution in [2.45, 2.75) is 24.7 Å². The monoisotopic (exact) mass is 190 g/mol. The van der Waals surface area contributed by atoms with Gasteiger partial charge in [0, 0.05) is 10.6 Å². The van der Waals surface area contributed by atoms with Crippen molar-refractivity contribution >= 4 is 11.8 Å². The van der Waals surface area contributed by atoms with E-state index in [4.69, 9.17) is 0 Å². The van der Waals surface area contributed by atoms with Crippen molar-refractivity contribution < 1.29 is 0 Å². The standard InChI is InChI=1S/C12H14S/c1-10(11-7-8-11)9-13-12-5-3-2-4-6-12/h2-6H,7-9H2,1H3. The van der Waals surface area contributed by atoms with E-state index in [0.717, 1.165) is 0 Å². The molecule has 0 saturated heterocycles. The minimum atomic E-state index is 1.17. The molecule has 0 nitrogen and oxygen atoms in total. The summed E-state index contributed by atoms with van der Waals surface area (Å²) in [6.45, 7) is 2.26. The maximum Gasteiger partial charge on any atom is 0.0190 e. The minimum Gasteiger partial charge on any atom is -0.122 e. The highest BCUT2D eigenvalue weighted by atomic mass is 32.2. The molecule has 13 heavy (non-hydrogen) atoms. The van der Waals surface area contributed by atoms with Crippen molar-refractivity contribution in [3.05, 3.63) is 41.5 Å². The molecular formula is C12H14S. The topological polar surface area (TPSA) is 0 Å². The van der Waals surface area contributed by atoms with Crippen LogP contribution >= 0.6 is 11.8 Å². The molecule has 1 saturated carbocycles. The average Bonchev–Trinajstić information content (AvgIpc) is 2.99. The summed E-state index contributed by atoms with van der Waals surface area (Å²) >= 11 is 1.94. The first-order valence-electron chi connectivity index (χ1n) is 4.71. The van der Waals surface area contributed by atoms with Crippen molar-refractivity contribution in [3.63, 3.8) is 0 Å². The maximum absolute atomic E-state index is 2.26. The molecule has 1 aliphatic rings. The Hall–Kier alpha value is -0.690. The summed E-state index contributed by atoms with van der Waals surface area (Å²) in [4.78, 5) is 1.38. The Kier molecular flexibility index (Phi) is 2.74. The Labute approximate surface area is 84.0 Å². The lowest BCUT2D eigenvalue weighted by Crippen LogP contribution is -1.80. The van der Waals surface area contributed by atoms with Gasteiger partial charge in [-0.3, -0.25) is 0 Å². The van der Waals surface area contributed by atoms with Gasteiger partial charge in [0.2, 0.25) is 0 Å². The highest BCUT2D eigenvalue weighted by molar-refractivity contribution is 7.99. The normalized spacial score (nSPS) is 14.4. The molecule has 68 valence electrons. The lowest BCUT2D eigenvalue weighted by atomic mass is 10.3. The fourth-order valence-electron chi connectivity index (χ4n) is 1.30. The fourth-order valence-corrected chi connectivity index (χ4v) is 2.24. The fraction of sp³-hybridized carbons (Fsp3) is 0.333. The number of rotatable bonds is 3. The quantitative estimate of drug-likeness (QED) is 0.514. The third-order valence-corrected chi connectivity index (χ3v) is 3.48. The predicted octanol–water partition coefficient (Wildman–Crippen LogP) is 3.89. The van der Waals surface area contributed by atoms with Gasteiger partial charge in [0.05, 0.1) is 0 Å².